The number of pyridine rings is 1. The van der Waals surface area contributed by atoms with Gasteiger partial charge in [-0.05, 0) is 25.0 Å². The van der Waals surface area contributed by atoms with E-state index in [1.165, 1.54) is 51.4 Å². The first kappa shape index (κ1) is 14.0. The molecule has 0 amide bonds. The van der Waals surface area contributed by atoms with Crippen molar-refractivity contribution in [2.24, 2.45) is 0 Å². The Morgan fingerprint density at radius 2 is 1.65 bits per heavy atom. The number of rotatable bonds is 9. The molecule has 0 aliphatic heterocycles. The molecule has 2 heteroatoms. The Morgan fingerprint density at radius 3 is 2.29 bits per heavy atom. The lowest BCUT2D eigenvalue weighted by atomic mass is 10.1. The molecule has 0 radical (unpaired) electrons. The van der Waals surface area contributed by atoms with Crippen LogP contribution in [0.2, 0.25) is 0 Å². The summed E-state index contributed by atoms with van der Waals surface area (Å²) >= 11 is 0. The number of unbranched alkanes of at least 4 members (excludes halogenated alkanes) is 7. The summed E-state index contributed by atoms with van der Waals surface area (Å²) in [5.74, 6) is 0. The highest BCUT2D eigenvalue weighted by atomic mass is 14.7. The molecule has 0 aliphatic carbocycles. The second kappa shape index (κ2) is 9.03. The van der Waals surface area contributed by atoms with Crippen molar-refractivity contribution in [3.05, 3.63) is 24.0 Å². The van der Waals surface area contributed by atoms with Crippen LogP contribution in [0.25, 0.3) is 0 Å². The van der Waals surface area contributed by atoms with Crippen LogP contribution in [-0.4, -0.2) is 4.98 Å². The number of nitrogens with zero attached hydrogens (tertiary/aromatic N) is 1. The van der Waals surface area contributed by atoms with Gasteiger partial charge in [-0.1, -0.05) is 51.9 Å². The Morgan fingerprint density at radius 1 is 1.00 bits per heavy atom. The number of anilines is 1. The van der Waals surface area contributed by atoms with Gasteiger partial charge in [0.05, 0.1) is 11.4 Å². The third-order valence-electron chi connectivity index (χ3n) is 3.19. The van der Waals surface area contributed by atoms with Crippen molar-refractivity contribution in [3.63, 3.8) is 0 Å². The van der Waals surface area contributed by atoms with Crippen LogP contribution in [-0.2, 0) is 6.42 Å². The van der Waals surface area contributed by atoms with Crippen LogP contribution in [0.4, 0.5) is 5.69 Å². The molecule has 0 atom stereocenters. The number of nitrogen functional groups attached to an aromatic ring is 1. The first-order valence-corrected chi connectivity index (χ1v) is 7.04. The van der Waals surface area contributed by atoms with Crippen molar-refractivity contribution >= 4 is 5.69 Å². The average molecular weight is 234 g/mol. The zero-order valence-electron chi connectivity index (χ0n) is 11.1. The Kier molecular flexibility index (Phi) is 7.44. The highest BCUT2D eigenvalue weighted by Gasteiger charge is 1.99. The SMILES string of the molecule is CCCCCCCCCCc1ncccc1N. The van der Waals surface area contributed by atoms with Gasteiger partial charge >= 0.3 is 0 Å². The van der Waals surface area contributed by atoms with Crippen molar-refractivity contribution in [1.82, 2.24) is 4.98 Å². The van der Waals surface area contributed by atoms with Gasteiger partial charge in [-0.3, -0.25) is 4.98 Å². The van der Waals surface area contributed by atoms with Crippen molar-refractivity contribution in [2.45, 2.75) is 64.7 Å². The third kappa shape index (κ3) is 6.30. The van der Waals surface area contributed by atoms with Gasteiger partial charge < -0.3 is 5.73 Å². The maximum Gasteiger partial charge on any atom is 0.0632 e. The summed E-state index contributed by atoms with van der Waals surface area (Å²) in [5, 5.41) is 0. The molecule has 2 N–H and O–H groups in total. The van der Waals surface area contributed by atoms with Crippen LogP contribution in [0, 0.1) is 0 Å². The fourth-order valence-corrected chi connectivity index (χ4v) is 2.09. The molecular formula is C15H26N2. The van der Waals surface area contributed by atoms with Crippen LogP contribution in [0.3, 0.4) is 0 Å². The van der Waals surface area contributed by atoms with Gasteiger partial charge in [0, 0.05) is 6.20 Å². The van der Waals surface area contributed by atoms with E-state index in [1.807, 2.05) is 18.3 Å². The van der Waals surface area contributed by atoms with Gasteiger partial charge in [-0.15, -0.1) is 0 Å². The van der Waals surface area contributed by atoms with E-state index in [1.54, 1.807) is 0 Å². The van der Waals surface area contributed by atoms with Gasteiger partial charge in [0.25, 0.3) is 0 Å². The highest BCUT2D eigenvalue weighted by molar-refractivity contribution is 5.41. The van der Waals surface area contributed by atoms with Crippen LogP contribution >= 0.6 is 0 Å². The number of aryl methyl sites for hydroxylation is 1. The minimum Gasteiger partial charge on any atom is -0.397 e. The van der Waals surface area contributed by atoms with Crippen LogP contribution in [0.5, 0.6) is 0 Å². The van der Waals surface area contributed by atoms with Crippen molar-refractivity contribution in [3.8, 4) is 0 Å². The van der Waals surface area contributed by atoms with Gasteiger partial charge in [-0.2, -0.15) is 0 Å². The summed E-state index contributed by atoms with van der Waals surface area (Å²) in [6.45, 7) is 2.26. The Hall–Kier alpha value is -1.05. The molecule has 0 fully saturated rings. The zero-order valence-corrected chi connectivity index (χ0v) is 11.1. The van der Waals surface area contributed by atoms with E-state index in [9.17, 15) is 0 Å². The fraction of sp³-hybridized carbons (Fsp3) is 0.667. The van der Waals surface area contributed by atoms with E-state index in [0.29, 0.717) is 0 Å². The van der Waals surface area contributed by atoms with Crippen molar-refractivity contribution in [1.29, 1.82) is 0 Å². The lowest BCUT2D eigenvalue weighted by Gasteiger charge is -2.04. The second-order valence-corrected chi connectivity index (χ2v) is 4.76. The Labute approximate surface area is 106 Å². The maximum atomic E-state index is 5.85. The van der Waals surface area contributed by atoms with E-state index in [-0.39, 0.29) is 0 Å². The van der Waals surface area contributed by atoms with Crippen molar-refractivity contribution in [2.75, 3.05) is 5.73 Å². The summed E-state index contributed by atoms with van der Waals surface area (Å²) in [7, 11) is 0. The number of aromatic nitrogens is 1. The van der Waals surface area contributed by atoms with Gasteiger partial charge in [-0.25, -0.2) is 0 Å². The minimum absolute atomic E-state index is 0.843. The molecular weight excluding hydrogens is 208 g/mol. The molecule has 0 aromatic carbocycles. The summed E-state index contributed by atoms with van der Waals surface area (Å²) in [5.41, 5.74) is 7.76. The minimum atomic E-state index is 0.843. The number of hydrogen-bond acceptors (Lipinski definition) is 2. The van der Waals surface area contributed by atoms with Crippen molar-refractivity contribution < 1.29 is 0 Å². The third-order valence-corrected chi connectivity index (χ3v) is 3.19. The van der Waals surface area contributed by atoms with Crippen LogP contribution < -0.4 is 5.73 Å². The van der Waals surface area contributed by atoms with Crippen LogP contribution in [0.1, 0.15) is 64.0 Å². The summed E-state index contributed by atoms with van der Waals surface area (Å²) < 4.78 is 0. The number of nitrogens with two attached hydrogens (primary N) is 1. The molecule has 1 aromatic heterocycles. The van der Waals surface area contributed by atoms with Gasteiger partial charge in [0.15, 0.2) is 0 Å². The molecule has 0 aliphatic rings. The molecule has 0 saturated carbocycles. The van der Waals surface area contributed by atoms with E-state index < -0.39 is 0 Å². The fourth-order valence-electron chi connectivity index (χ4n) is 2.09. The Balaban J connectivity index is 1.99. The first-order chi connectivity index (χ1) is 8.34. The second-order valence-electron chi connectivity index (χ2n) is 4.76. The molecule has 1 aromatic rings. The monoisotopic (exact) mass is 234 g/mol. The quantitative estimate of drug-likeness (QED) is 0.645. The van der Waals surface area contributed by atoms with Gasteiger partial charge in [0.1, 0.15) is 0 Å². The molecule has 96 valence electrons. The van der Waals surface area contributed by atoms with E-state index in [0.717, 1.165) is 17.8 Å². The molecule has 0 saturated heterocycles. The predicted octanol–water partition coefficient (Wildman–Crippen LogP) is 4.35. The lowest BCUT2D eigenvalue weighted by molar-refractivity contribution is 0.574. The topological polar surface area (TPSA) is 38.9 Å². The molecule has 1 rings (SSSR count). The zero-order chi connectivity index (χ0) is 12.3. The van der Waals surface area contributed by atoms with Crippen LogP contribution in [0.15, 0.2) is 18.3 Å². The summed E-state index contributed by atoms with van der Waals surface area (Å²) in [6.07, 6.45) is 13.7. The number of hydrogen-bond donors (Lipinski definition) is 1. The predicted molar refractivity (Wildman–Crippen MR) is 75.0 cm³/mol. The lowest BCUT2D eigenvalue weighted by Crippen LogP contribution is -1.97. The molecule has 0 spiro atoms. The standard InChI is InChI=1S/C15H26N2/c1-2-3-4-5-6-7-8-9-12-15-14(16)11-10-13-17-15/h10-11,13H,2-9,12,16H2,1H3. The van der Waals surface area contributed by atoms with E-state index in [4.69, 9.17) is 5.73 Å². The molecule has 2 nitrogen and oxygen atoms in total. The normalized spacial score (nSPS) is 10.6. The van der Waals surface area contributed by atoms with E-state index in [2.05, 4.69) is 11.9 Å². The molecule has 1 heterocycles. The first-order valence-electron chi connectivity index (χ1n) is 7.04. The van der Waals surface area contributed by atoms with E-state index >= 15 is 0 Å². The average Bonchev–Trinajstić information content (AvgIpc) is 2.35. The molecule has 0 unspecified atom stereocenters. The smallest absolute Gasteiger partial charge is 0.0632 e. The maximum absolute atomic E-state index is 5.85. The Bertz CT molecular complexity index is 297. The summed E-state index contributed by atoms with van der Waals surface area (Å²) in [4.78, 5) is 4.31. The highest BCUT2D eigenvalue weighted by Crippen LogP contribution is 2.13. The largest absolute Gasteiger partial charge is 0.397 e. The van der Waals surface area contributed by atoms with Gasteiger partial charge in [0.2, 0.25) is 0 Å². The molecule has 17 heavy (non-hydrogen) atoms. The summed E-state index contributed by atoms with van der Waals surface area (Å²) in [6, 6.07) is 3.83. The molecule has 0 bridgehead atoms.